The van der Waals surface area contributed by atoms with Gasteiger partial charge in [-0.05, 0) is 60.7 Å². The van der Waals surface area contributed by atoms with Gasteiger partial charge in [-0.2, -0.15) is 0 Å². The SMILES string of the molecule is COc1ccc(C2C=C3c4cc5c(cc4CCN3C3=C2C(=O)CCC3)OCCCO5)cc1. The Morgan fingerprint density at radius 1 is 0.969 bits per heavy atom. The molecule has 0 spiro atoms. The molecule has 5 heteroatoms. The van der Waals surface area contributed by atoms with Crippen molar-refractivity contribution >= 4 is 11.5 Å². The number of methoxy groups -OCH3 is 1. The molecule has 1 unspecified atom stereocenters. The van der Waals surface area contributed by atoms with Crippen LogP contribution in [0.25, 0.3) is 5.70 Å². The van der Waals surface area contributed by atoms with Gasteiger partial charge in [-0.1, -0.05) is 12.1 Å². The largest absolute Gasteiger partial charge is 0.497 e. The highest BCUT2D eigenvalue weighted by molar-refractivity contribution is 6.00. The lowest BCUT2D eigenvalue weighted by Crippen LogP contribution is -2.36. The van der Waals surface area contributed by atoms with E-state index in [-0.39, 0.29) is 11.7 Å². The molecule has 0 saturated heterocycles. The van der Waals surface area contributed by atoms with Crippen LogP contribution in [0.5, 0.6) is 17.2 Å². The van der Waals surface area contributed by atoms with E-state index in [1.165, 1.54) is 22.5 Å². The molecule has 32 heavy (non-hydrogen) atoms. The first kappa shape index (κ1) is 19.5. The van der Waals surface area contributed by atoms with Crippen molar-refractivity contribution in [3.63, 3.8) is 0 Å². The number of hydrogen-bond donors (Lipinski definition) is 0. The zero-order valence-corrected chi connectivity index (χ0v) is 18.4. The Kier molecular flexibility index (Phi) is 4.71. The molecule has 164 valence electrons. The summed E-state index contributed by atoms with van der Waals surface area (Å²) in [6.07, 6.45) is 6.62. The van der Waals surface area contributed by atoms with Crippen molar-refractivity contribution in [1.82, 2.24) is 4.90 Å². The van der Waals surface area contributed by atoms with Gasteiger partial charge >= 0.3 is 0 Å². The molecule has 0 amide bonds. The summed E-state index contributed by atoms with van der Waals surface area (Å²) in [5.41, 5.74) is 6.98. The van der Waals surface area contributed by atoms with Gasteiger partial charge in [0.1, 0.15) is 5.75 Å². The van der Waals surface area contributed by atoms with Gasteiger partial charge in [0.05, 0.1) is 20.3 Å². The highest BCUT2D eigenvalue weighted by atomic mass is 16.5. The second-order valence-electron chi connectivity index (χ2n) is 8.85. The molecule has 1 atom stereocenters. The number of benzene rings is 2. The molecular formula is C27H27NO4. The van der Waals surface area contributed by atoms with Crippen molar-refractivity contribution < 1.29 is 19.0 Å². The highest BCUT2D eigenvalue weighted by Gasteiger charge is 2.38. The summed E-state index contributed by atoms with van der Waals surface area (Å²) < 4.78 is 17.3. The van der Waals surface area contributed by atoms with E-state index in [0.717, 1.165) is 60.6 Å². The number of Topliss-reactive ketones (excluding diaryl/α,β-unsaturated/α-hetero) is 1. The molecule has 3 aliphatic heterocycles. The summed E-state index contributed by atoms with van der Waals surface area (Å²) in [6.45, 7) is 2.26. The van der Waals surface area contributed by atoms with Gasteiger partial charge in [-0.25, -0.2) is 0 Å². The highest BCUT2D eigenvalue weighted by Crippen LogP contribution is 2.48. The Morgan fingerprint density at radius 3 is 2.53 bits per heavy atom. The minimum absolute atomic E-state index is 0.0446. The molecule has 2 aromatic carbocycles. The molecular weight excluding hydrogens is 402 g/mol. The minimum Gasteiger partial charge on any atom is -0.497 e. The molecule has 3 heterocycles. The predicted octanol–water partition coefficient (Wildman–Crippen LogP) is 4.86. The number of carbonyl (C=O) groups is 1. The number of ketones is 1. The average Bonchev–Trinajstić information content (AvgIpc) is 3.07. The van der Waals surface area contributed by atoms with E-state index in [1.54, 1.807) is 7.11 Å². The molecule has 1 aliphatic carbocycles. The topological polar surface area (TPSA) is 48.0 Å². The van der Waals surface area contributed by atoms with E-state index in [4.69, 9.17) is 14.2 Å². The van der Waals surface area contributed by atoms with E-state index in [0.29, 0.717) is 19.6 Å². The maximum atomic E-state index is 13.1. The molecule has 5 nitrogen and oxygen atoms in total. The zero-order valence-electron chi connectivity index (χ0n) is 18.4. The normalized spacial score (nSPS) is 21.8. The van der Waals surface area contributed by atoms with E-state index in [9.17, 15) is 4.79 Å². The van der Waals surface area contributed by atoms with Gasteiger partial charge < -0.3 is 19.1 Å². The van der Waals surface area contributed by atoms with Gasteiger partial charge in [0, 0.05) is 47.8 Å². The quantitative estimate of drug-likeness (QED) is 0.682. The molecule has 0 bridgehead atoms. The van der Waals surface area contributed by atoms with Gasteiger partial charge in [-0.3, -0.25) is 4.79 Å². The third-order valence-corrected chi connectivity index (χ3v) is 7.01. The maximum Gasteiger partial charge on any atom is 0.161 e. The van der Waals surface area contributed by atoms with Crippen LogP contribution in [-0.2, 0) is 11.2 Å². The van der Waals surface area contributed by atoms with Crippen LogP contribution in [0.3, 0.4) is 0 Å². The van der Waals surface area contributed by atoms with Crippen LogP contribution >= 0.6 is 0 Å². The Bertz CT molecular complexity index is 1140. The maximum absolute atomic E-state index is 13.1. The summed E-state index contributed by atoms with van der Waals surface area (Å²) in [7, 11) is 1.68. The van der Waals surface area contributed by atoms with Gasteiger partial charge in [-0.15, -0.1) is 0 Å². The van der Waals surface area contributed by atoms with Crippen LogP contribution in [0.4, 0.5) is 0 Å². The predicted molar refractivity (Wildman–Crippen MR) is 122 cm³/mol. The minimum atomic E-state index is -0.0446. The monoisotopic (exact) mass is 429 g/mol. The number of fused-ring (bicyclic) bond motifs is 5. The van der Waals surface area contributed by atoms with Crippen molar-refractivity contribution in [1.29, 1.82) is 0 Å². The molecule has 0 N–H and O–H groups in total. The number of nitrogens with zero attached hydrogens (tertiary/aromatic N) is 1. The summed E-state index contributed by atoms with van der Waals surface area (Å²) in [6, 6.07) is 12.4. The summed E-state index contributed by atoms with van der Waals surface area (Å²) in [5.74, 6) is 2.74. The fourth-order valence-electron chi connectivity index (χ4n) is 5.45. The summed E-state index contributed by atoms with van der Waals surface area (Å²) >= 11 is 0. The van der Waals surface area contributed by atoms with Gasteiger partial charge in [0.25, 0.3) is 0 Å². The summed E-state index contributed by atoms with van der Waals surface area (Å²) in [4.78, 5) is 15.5. The van der Waals surface area contributed by atoms with Crippen LogP contribution in [0.2, 0.25) is 0 Å². The van der Waals surface area contributed by atoms with Crippen molar-refractivity contribution in [2.24, 2.45) is 0 Å². The van der Waals surface area contributed by atoms with E-state index < -0.39 is 0 Å². The van der Waals surface area contributed by atoms with Crippen molar-refractivity contribution in [2.75, 3.05) is 26.9 Å². The third-order valence-electron chi connectivity index (χ3n) is 7.01. The number of carbonyl (C=O) groups excluding carboxylic acids is 1. The lowest BCUT2D eigenvalue weighted by molar-refractivity contribution is -0.116. The lowest BCUT2D eigenvalue weighted by atomic mass is 9.77. The second-order valence-corrected chi connectivity index (χ2v) is 8.85. The van der Waals surface area contributed by atoms with Crippen LogP contribution in [0.15, 0.2) is 53.7 Å². The number of allylic oxidation sites excluding steroid dienone is 3. The zero-order chi connectivity index (χ0) is 21.7. The first-order valence-corrected chi connectivity index (χ1v) is 11.6. The van der Waals surface area contributed by atoms with Crippen LogP contribution < -0.4 is 14.2 Å². The fourth-order valence-corrected chi connectivity index (χ4v) is 5.45. The smallest absolute Gasteiger partial charge is 0.161 e. The van der Waals surface area contributed by atoms with E-state index in [1.807, 2.05) is 12.1 Å². The number of hydrogen-bond acceptors (Lipinski definition) is 5. The Hall–Kier alpha value is -3.21. The van der Waals surface area contributed by atoms with Crippen LogP contribution in [0, 0.1) is 0 Å². The van der Waals surface area contributed by atoms with Crippen LogP contribution in [-0.4, -0.2) is 37.6 Å². The second kappa shape index (κ2) is 7.73. The average molecular weight is 430 g/mol. The fraction of sp³-hybridized carbons (Fsp3) is 0.370. The number of ether oxygens (including phenoxy) is 3. The lowest BCUT2D eigenvalue weighted by Gasteiger charge is -2.43. The van der Waals surface area contributed by atoms with Crippen molar-refractivity contribution in [3.05, 3.63) is 70.4 Å². The first-order valence-electron chi connectivity index (χ1n) is 11.6. The molecule has 6 rings (SSSR count). The molecule has 0 radical (unpaired) electrons. The standard InChI is InChI=1S/C27H27NO4/c1-30-19-8-6-17(7-9-19)21-15-23-20-16-26-25(31-12-3-13-32-26)14-18(20)10-11-28(23)22-4-2-5-24(29)27(21)22/h6-9,14-16,21H,2-5,10-13H2,1H3. The molecule has 4 aliphatic rings. The Labute approximate surface area is 188 Å². The van der Waals surface area contributed by atoms with Crippen molar-refractivity contribution in [2.45, 2.75) is 38.0 Å². The van der Waals surface area contributed by atoms with Gasteiger partial charge in [0.2, 0.25) is 0 Å². The van der Waals surface area contributed by atoms with Crippen LogP contribution in [0.1, 0.15) is 48.3 Å². The molecule has 0 fully saturated rings. The first-order chi connectivity index (χ1) is 15.7. The summed E-state index contributed by atoms with van der Waals surface area (Å²) in [5, 5.41) is 0. The Balaban J connectivity index is 1.50. The Morgan fingerprint density at radius 2 is 1.75 bits per heavy atom. The van der Waals surface area contributed by atoms with Crippen molar-refractivity contribution in [3.8, 4) is 17.2 Å². The van der Waals surface area contributed by atoms with E-state index >= 15 is 0 Å². The van der Waals surface area contributed by atoms with Gasteiger partial charge in [0.15, 0.2) is 17.3 Å². The molecule has 0 saturated carbocycles. The van der Waals surface area contributed by atoms with E-state index in [2.05, 4.69) is 35.2 Å². The molecule has 0 aromatic heterocycles. The molecule has 2 aromatic rings. The third kappa shape index (κ3) is 3.10. The number of rotatable bonds is 2.